The van der Waals surface area contributed by atoms with Gasteiger partial charge in [0.25, 0.3) is 0 Å². The average Bonchev–Trinajstić information content (AvgIpc) is 2.39. The zero-order valence-corrected chi connectivity index (χ0v) is 14.7. The van der Waals surface area contributed by atoms with E-state index in [0.29, 0.717) is 5.56 Å². The molecule has 0 spiro atoms. The Morgan fingerprint density at radius 3 is 2.25 bits per heavy atom. The van der Waals surface area contributed by atoms with Crippen LogP contribution in [0.5, 0.6) is 0 Å². The van der Waals surface area contributed by atoms with Gasteiger partial charge in [-0.1, -0.05) is 11.6 Å². The quantitative estimate of drug-likeness (QED) is 0.597. The number of thioether (sulfide) groups is 2. The van der Waals surface area contributed by atoms with Gasteiger partial charge in [0.05, 0.1) is 27.2 Å². The lowest BCUT2D eigenvalue weighted by Crippen LogP contribution is -2.09. The monoisotopic (exact) mass is 354 g/mol. The topological polar surface area (TPSA) is 60.4 Å². The highest BCUT2D eigenvalue weighted by molar-refractivity contribution is 8.15. The summed E-state index contributed by atoms with van der Waals surface area (Å²) in [5.74, 6) is -0.586. The largest absolute Gasteiger partial charge is 0.465 e. The fourth-order valence-electron chi connectivity index (χ4n) is 1.72. The number of sulfone groups is 1. The summed E-state index contributed by atoms with van der Waals surface area (Å²) in [5, 5.41) is 0.133. The van der Waals surface area contributed by atoms with E-state index in [2.05, 4.69) is 4.74 Å². The molecule has 0 radical (unpaired) electrons. The Labute approximate surface area is 132 Å². The molecule has 0 N–H and O–H groups in total. The van der Waals surface area contributed by atoms with Gasteiger partial charge >= 0.3 is 5.97 Å². The molecule has 4 nitrogen and oxygen atoms in total. The van der Waals surface area contributed by atoms with Crippen molar-refractivity contribution in [3.05, 3.63) is 28.3 Å². The van der Waals surface area contributed by atoms with Crippen LogP contribution in [0, 0.1) is 0 Å². The molecular formula is C12H15ClO4S3. The summed E-state index contributed by atoms with van der Waals surface area (Å²) in [5.41, 5.74) is 0.613. The van der Waals surface area contributed by atoms with Crippen LogP contribution in [0.3, 0.4) is 0 Å². The smallest absolute Gasteiger partial charge is 0.339 e. The summed E-state index contributed by atoms with van der Waals surface area (Å²) >= 11 is 9.17. The number of benzene rings is 1. The molecule has 8 heteroatoms. The van der Waals surface area contributed by atoms with E-state index in [1.807, 2.05) is 12.5 Å². The molecule has 0 aliphatic carbocycles. The van der Waals surface area contributed by atoms with Crippen molar-refractivity contribution in [2.24, 2.45) is 0 Å². The third-order valence-electron chi connectivity index (χ3n) is 2.61. The molecule has 0 aliphatic heterocycles. The van der Waals surface area contributed by atoms with Crippen molar-refractivity contribution in [2.75, 3.05) is 25.9 Å². The van der Waals surface area contributed by atoms with Crippen LogP contribution in [0.25, 0.3) is 0 Å². The average molecular weight is 355 g/mol. The first-order valence-corrected chi connectivity index (χ1v) is 10.3. The molecule has 0 unspecified atom stereocenters. The maximum absolute atomic E-state index is 11.9. The number of methoxy groups -OCH3 is 1. The summed E-state index contributed by atoms with van der Waals surface area (Å²) < 4.78 is 28.3. The molecule has 0 saturated heterocycles. The van der Waals surface area contributed by atoms with Crippen LogP contribution in [0.2, 0.25) is 5.02 Å². The molecule has 0 saturated carbocycles. The maximum Gasteiger partial charge on any atom is 0.339 e. The minimum absolute atomic E-state index is 0.133. The van der Waals surface area contributed by atoms with Gasteiger partial charge in [0.15, 0.2) is 9.84 Å². The van der Waals surface area contributed by atoms with Crippen molar-refractivity contribution in [3.8, 4) is 0 Å². The van der Waals surface area contributed by atoms with Crippen LogP contribution in [-0.4, -0.2) is 40.3 Å². The van der Waals surface area contributed by atoms with Gasteiger partial charge in [0.1, 0.15) is 0 Å². The zero-order valence-electron chi connectivity index (χ0n) is 11.5. The number of carbonyl (C=O) groups is 1. The minimum Gasteiger partial charge on any atom is -0.465 e. The lowest BCUT2D eigenvalue weighted by atomic mass is 10.1. The van der Waals surface area contributed by atoms with Gasteiger partial charge < -0.3 is 4.74 Å². The summed E-state index contributed by atoms with van der Waals surface area (Å²) in [6.07, 6.45) is 4.83. The summed E-state index contributed by atoms with van der Waals surface area (Å²) in [6.45, 7) is 0. The molecule has 0 amide bonds. The maximum atomic E-state index is 11.9. The molecule has 1 aromatic carbocycles. The molecule has 112 valence electrons. The highest BCUT2D eigenvalue weighted by Crippen LogP contribution is 2.44. The predicted octanol–water partition coefficient (Wildman–Crippen LogP) is 3.25. The van der Waals surface area contributed by atoms with Crippen LogP contribution in [0.15, 0.2) is 17.0 Å². The fraction of sp³-hybridized carbons (Fsp3) is 0.417. The Morgan fingerprint density at radius 1 is 1.30 bits per heavy atom. The second-order valence-electron chi connectivity index (χ2n) is 3.91. The number of ether oxygens (including phenoxy) is 1. The first kappa shape index (κ1) is 17.7. The fourth-order valence-corrected chi connectivity index (χ4v) is 5.07. The van der Waals surface area contributed by atoms with Gasteiger partial charge in [-0.15, -0.1) is 23.5 Å². The van der Waals surface area contributed by atoms with Gasteiger partial charge in [0, 0.05) is 11.8 Å². The van der Waals surface area contributed by atoms with Crippen molar-refractivity contribution >= 4 is 50.9 Å². The Balaban J connectivity index is 3.67. The summed E-state index contributed by atoms with van der Waals surface area (Å²) in [7, 11) is -2.18. The minimum atomic E-state index is -3.43. The Hall–Kier alpha value is -0.370. The highest BCUT2D eigenvalue weighted by atomic mass is 35.5. The Kier molecular flexibility index (Phi) is 6.25. The van der Waals surface area contributed by atoms with E-state index >= 15 is 0 Å². The van der Waals surface area contributed by atoms with Crippen molar-refractivity contribution in [3.63, 3.8) is 0 Å². The second kappa shape index (κ2) is 7.06. The van der Waals surface area contributed by atoms with E-state index in [0.717, 1.165) is 6.26 Å². The highest BCUT2D eigenvalue weighted by Gasteiger charge is 2.26. The molecular weight excluding hydrogens is 340 g/mol. The van der Waals surface area contributed by atoms with Crippen LogP contribution in [0.1, 0.15) is 20.5 Å². The molecule has 0 heterocycles. The van der Waals surface area contributed by atoms with Gasteiger partial charge in [-0.25, -0.2) is 13.2 Å². The van der Waals surface area contributed by atoms with Crippen molar-refractivity contribution < 1.29 is 17.9 Å². The molecule has 0 fully saturated rings. The predicted molar refractivity (Wildman–Crippen MR) is 85.7 cm³/mol. The van der Waals surface area contributed by atoms with Crippen LogP contribution in [-0.2, 0) is 14.6 Å². The third kappa shape index (κ3) is 3.63. The lowest BCUT2D eigenvalue weighted by Gasteiger charge is -2.19. The second-order valence-corrected chi connectivity index (χ2v) is 8.45. The van der Waals surface area contributed by atoms with Crippen LogP contribution in [0.4, 0.5) is 0 Å². The van der Waals surface area contributed by atoms with E-state index < -0.39 is 15.8 Å². The normalized spacial score (nSPS) is 11.7. The van der Waals surface area contributed by atoms with Gasteiger partial charge in [-0.05, 0) is 24.6 Å². The molecule has 20 heavy (non-hydrogen) atoms. The lowest BCUT2D eigenvalue weighted by molar-refractivity contribution is 0.0600. The molecule has 0 aromatic heterocycles. The molecule has 0 aliphatic rings. The summed E-state index contributed by atoms with van der Waals surface area (Å²) in [4.78, 5) is 11.8. The SMILES string of the molecule is COC(=O)c1ccc(S(C)(=O)=O)c(C(SC)SC)c1Cl. The standard InChI is InChI=1S/C12H15ClO4S3/c1-17-11(14)7-5-6-8(20(4,15)16)9(10(7)13)12(18-2)19-3/h5-6,12H,1-4H3. The van der Waals surface area contributed by atoms with Gasteiger partial charge in [0.2, 0.25) is 0 Å². The van der Waals surface area contributed by atoms with E-state index in [4.69, 9.17) is 11.6 Å². The van der Waals surface area contributed by atoms with Crippen molar-refractivity contribution in [1.29, 1.82) is 0 Å². The first-order chi connectivity index (χ1) is 9.27. The van der Waals surface area contributed by atoms with Crippen LogP contribution >= 0.6 is 35.1 Å². The number of halogens is 1. The number of rotatable bonds is 5. The van der Waals surface area contributed by atoms with Crippen molar-refractivity contribution in [2.45, 2.75) is 9.48 Å². The molecule has 1 rings (SSSR count). The zero-order chi connectivity index (χ0) is 15.5. The first-order valence-electron chi connectivity index (χ1n) is 5.44. The Morgan fingerprint density at radius 2 is 1.85 bits per heavy atom. The number of carbonyl (C=O) groups excluding carboxylic acids is 1. The summed E-state index contributed by atoms with van der Waals surface area (Å²) in [6, 6.07) is 2.79. The number of esters is 1. The van der Waals surface area contributed by atoms with E-state index in [-0.39, 0.29) is 20.1 Å². The Bertz CT molecular complexity index is 609. The van der Waals surface area contributed by atoms with E-state index in [1.54, 1.807) is 0 Å². The third-order valence-corrected chi connectivity index (χ3v) is 6.65. The van der Waals surface area contributed by atoms with Crippen molar-refractivity contribution in [1.82, 2.24) is 0 Å². The number of hydrogen-bond acceptors (Lipinski definition) is 6. The van der Waals surface area contributed by atoms with Crippen LogP contribution < -0.4 is 0 Å². The number of hydrogen-bond donors (Lipinski definition) is 0. The molecule has 1 aromatic rings. The van der Waals surface area contributed by atoms with E-state index in [9.17, 15) is 13.2 Å². The molecule has 0 atom stereocenters. The van der Waals surface area contributed by atoms with Gasteiger partial charge in [-0.2, -0.15) is 0 Å². The molecule has 0 bridgehead atoms. The van der Waals surface area contributed by atoms with Gasteiger partial charge in [-0.3, -0.25) is 0 Å². The van der Waals surface area contributed by atoms with E-state index in [1.165, 1.54) is 42.8 Å².